The second kappa shape index (κ2) is 6.80. The van der Waals surface area contributed by atoms with E-state index in [0.717, 1.165) is 0 Å². The van der Waals surface area contributed by atoms with E-state index >= 15 is 0 Å². The van der Waals surface area contributed by atoms with E-state index in [-0.39, 0.29) is 24.6 Å². The number of hydrogen-bond donors (Lipinski definition) is 0. The van der Waals surface area contributed by atoms with E-state index in [1.807, 2.05) is 32.6 Å². The molecule has 0 aromatic heterocycles. The van der Waals surface area contributed by atoms with E-state index in [4.69, 9.17) is 23.7 Å². The van der Waals surface area contributed by atoms with Gasteiger partial charge in [0.25, 0.3) is 0 Å². The zero-order valence-corrected chi connectivity index (χ0v) is 14.1. The SMILES string of the molecule is COC(=O)CN(C1COC(C)(C)OC1)C1COC(C)(C)OC1. The van der Waals surface area contributed by atoms with Gasteiger partial charge in [0.15, 0.2) is 11.6 Å². The van der Waals surface area contributed by atoms with Gasteiger partial charge < -0.3 is 23.7 Å². The first-order chi connectivity index (χ1) is 10.2. The van der Waals surface area contributed by atoms with Crippen molar-refractivity contribution in [3.05, 3.63) is 0 Å². The fourth-order valence-electron chi connectivity index (χ4n) is 2.52. The normalized spacial score (nSPS) is 26.1. The van der Waals surface area contributed by atoms with Crippen molar-refractivity contribution >= 4 is 5.97 Å². The smallest absolute Gasteiger partial charge is 0.319 e. The zero-order chi connectivity index (χ0) is 16.4. The molecular formula is C15H27NO6. The first kappa shape index (κ1) is 17.6. The van der Waals surface area contributed by atoms with Gasteiger partial charge >= 0.3 is 5.97 Å². The fraction of sp³-hybridized carbons (Fsp3) is 0.933. The van der Waals surface area contributed by atoms with Crippen LogP contribution < -0.4 is 0 Å². The lowest BCUT2D eigenvalue weighted by Gasteiger charge is -2.45. The Morgan fingerprint density at radius 3 is 1.64 bits per heavy atom. The molecule has 0 radical (unpaired) electrons. The molecule has 128 valence electrons. The van der Waals surface area contributed by atoms with E-state index in [1.54, 1.807) is 0 Å². The topological polar surface area (TPSA) is 66.5 Å². The summed E-state index contributed by atoms with van der Waals surface area (Å²) in [6.07, 6.45) is 0. The summed E-state index contributed by atoms with van der Waals surface area (Å²) >= 11 is 0. The molecule has 0 unspecified atom stereocenters. The van der Waals surface area contributed by atoms with Crippen LogP contribution in [-0.2, 0) is 28.5 Å². The molecule has 0 saturated carbocycles. The minimum Gasteiger partial charge on any atom is -0.468 e. The van der Waals surface area contributed by atoms with E-state index in [1.165, 1.54) is 7.11 Å². The van der Waals surface area contributed by atoms with Gasteiger partial charge in [-0.3, -0.25) is 9.69 Å². The molecule has 2 heterocycles. The summed E-state index contributed by atoms with van der Waals surface area (Å²) < 4.78 is 27.6. The molecule has 0 bridgehead atoms. The van der Waals surface area contributed by atoms with Gasteiger partial charge in [-0.05, 0) is 27.7 Å². The van der Waals surface area contributed by atoms with Crippen LogP contribution >= 0.6 is 0 Å². The minimum absolute atomic E-state index is 0.0365. The molecule has 7 nitrogen and oxygen atoms in total. The lowest BCUT2D eigenvalue weighted by molar-refractivity contribution is -0.287. The van der Waals surface area contributed by atoms with E-state index < -0.39 is 11.6 Å². The van der Waals surface area contributed by atoms with Crippen LogP contribution in [0, 0.1) is 0 Å². The molecule has 7 heteroatoms. The summed E-state index contributed by atoms with van der Waals surface area (Å²) in [7, 11) is 1.38. The van der Waals surface area contributed by atoms with Crippen LogP contribution in [0.5, 0.6) is 0 Å². The Morgan fingerprint density at radius 1 is 0.955 bits per heavy atom. The maximum absolute atomic E-state index is 11.7. The molecule has 0 aromatic rings. The highest BCUT2D eigenvalue weighted by molar-refractivity contribution is 5.71. The Labute approximate surface area is 131 Å². The lowest BCUT2D eigenvalue weighted by Crippen LogP contribution is -2.59. The molecule has 2 fully saturated rings. The van der Waals surface area contributed by atoms with E-state index in [0.29, 0.717) is 26.4 Å². The third kappa shape index (κ3) is 4.63. The van der Waals surface area contributed by atoms with Gasteiger partial charge in [-0.1, -0.05) is 0 Å². The fourth-order valence-corrected chi connectivity index (χ4v) is 2.52. The van der Waals surface area contributed by atoms with Gasteiger partial charge in [-0.15, -0.1) is 0 Å². The molecule has 2 rings (SSSR count). The molecule has 0 spiro atoms. The molecule has 2 aliphatic heterocycles. The number of methoxy groups -OCH3 is 1. The lowest BCUT2D eigenvalue weighted by atomic mass is 10.1. The standard InChI is InChI=1S/C15H27NO6/c1-14(2)19-7-11(8-20-14)16(6-13(17)18-5)12-9-21-15(3,4)22-10-12/h11-12H,6-10H2,1-5H3. The number of carbonyl (C=O) groups excluding carboxylic acids is 1. The first-order valence-corrected chi connectivity index (χ1v) is 7.61. The molecule has 2 saturated heterocycles. The molecular weight excluding hydrogens is 290 g/mol. The summed E-state index contributed by atoms with van der Waals surface area (Å²) in [4.78, 5) is 13.7. The second-order valence-electron chi connectivity index (χ2n) is 6.60. The third-order valence-electron chi connectivity index (χ3n) is 3.97. The van der Waals surface area contributed by atoms with Gasteiger partial charge in [-0.2, -0.15) is 0 Å². The summed E-state index contributed by atoms with van der Waals surface area (Å²) in [5, 5.41) is 0. The Kier molecular flexibility index (Phi) is 5.45. The van der Waals surface area contributed by atoms with Crippen molar-refractivity contribution in [1.82, 2.24) is 4.90 Å². The van der Waals surface area contributed by atoms with E-state index in [9.17, 15) is 4.79 Å². The summed E-state index contributed by atoms with van der Waals surface area (Å²) in [5.74, 6) is -1.47. The summed E-state index contributed by atoms with van der Waals surface area (Å²) in [6, 6.07) is -0.0731. The van der Waals surface area contributed by atoms with Gasteiger partial charge in [0.05, 0.1) is 52.2 Å². The molecule has 0 N–H and O–H groups in total. The number of hydrogen-bond acceptors (Lipinski definition) is 7. The molecule has 0 aromatic carbocycles. The summed E-state index contributed by atoms with van der Waals surface area (Å²) in [5.41, 5.74) is 0. The Bertz CT molecular complexity index is 349. The van der Waals surface area contributed by atoms with E-state index in [2.05, 4.69) is 0 Å². The van der Waals surface area contributed by atoms with Crippen LogP contribution in [0.15, 0.2) is 0 Å². The van der Waals surface area contributed by atoms with Crippen LogP contribution in [0.4, 0.5) is 0 Å². The quantitative estimate of drug-likeness (QED) is 0.709. The van der Waals surface area contributed by atoms with Gasteiger partial charge in [0.1, 0.15) is 0 Å². The highest BCUT2D eigenvalue weighted by Crippen LogP contribution is 2.25. The van der Waals surface area contributed by atoms with Crippen molar-refractivity contribution in [2.75, 3.05) is 40.1 Å². The third-order valence-corrected chi connectivity index (χ3v) is 3.97. The van der Waals surface area contributed by atoms with Crippen molar-refractivity contribution in [3.8, 4) is 0 Å². The Hall–Kier alpha value is -0.730. The van der Waals surface area contributed by atoms with Crippen molar-refractivity contribution in [3.63, 3.8) is 0 Å². The van der Waals surface area contributed by atoms with Crippen LogP contribution in [0.3, 0.4) is 0 Å². The highest BCUT2D eigenvalue weighted by Gasteiger charge is 2.39. The van der Waals surface area contributed by atoms with Crippen molar-refractivity contribution < 1.29 is 28.5 Å². The van der Waals surface area contributed by atoms with Gasteiger partial charge in [0, 0.05) is 0 Å². The number of esters is 1. The first-order valence-electron chi connectivity index (χ1n) is 7.61. The van der Waals surface area contributed by atoms with Crippen molar-refractivity contribution in [1.29, 1.82) is 0 Å². The average Bonchev–Trinajstić information content (AvgIpc) is 2.45. The summed E-state index contributed by atoms with van der Waals surface area (Å²) in [6.45, 7) is 9.63. The molecule has 2 aliphatic rings. The average molecular weight is 317 g/mol. The minimum atomic E-state index is -0.588. The molecule has 22 heavy (non-hydrogen) atoms. The molecule has 0 amide bonds. The van der Waals surface area contributed by atoms with Crippen LogP contribution in [0.25, 0.3) is 0 Å². The monoisotopic (exact) mass is 317 g/mol. The predicted molar refractivity (Wildman–Crippen MR) is 78.3 cm³/mol. The van der Waals surface area contributed by atoms with Gasteiger partial charge in [-0.25, -0.2) is 0 Å². The number of ether oxygens (including phenoxy) is 5. The molecule has 0 aliphatic carbocycles. The van der Waals surface area contributed by atoms with Crippen molar-refractivity contribution in [2.45, 2.75) is 51.4 Å². The Morgan fingerprint density at radius 2 is 1.32 bits per heavy atom. The zero-order valence-electron chi connectivity index (χ0n) is 14.1. The van der Waals surface area contributed by atoms with Crippen LogP contribution in [0.2, 0.25) is 0 Å². The predicted octanol–water partition coefficient (Wildman–Crippen LogP) is 0.764. The van der Waals surface area contributed by atoms with Crippen molar-refractivity contribution in [2.24, 2.45) is 0 Å². The number of carbonyl (C=O) groups is 1. The molecule has 0 atom stereocenters. The Balaban J connectivity index is 2.02. The number of rotatable bonds is 4. The van der Waals surface area contributed by atoms with Crippen LogP contribution in [-0.4, -0.2) is 74.6 Å². The maximum atomic E-state index is 11.7. The largest absolute Gasteiger partial charge is 0.468 e. The van der Waals surface area contributed by atoms with Crippen LogP contribution in [0.1, 0.15) is 27.7 Å². The van der Waals surface area contributed by atoms with Gasteiger partial charge in [0.2, 0.25) is 0 Å². The highest BCUT2D eigenvalue weighted by atomic mass is 16.7. The second-order valence-corrected chi connectivity index (χ2v) is 6.60. The number of nitrogens with zero attached hydrogens (tertiary/aromatic N) is 1. The maximum Gasteiger partial charge on any atom is 0.319 e.